The zero-order chi connectivity index (χ0) is 12.0. The molecule has 1 N–H and O–H groups in total. The third kappa shape index (κ3) is 3.60. The molecule has 5 heteroatoms. The zero-order valence-electron chi connectivity index (χ0n) is 8.90. The molecule has 0 fully saturated rings. The topological polar surface area (TPSA) is 55.8 Å². The van der Waals surface area contributed by atoms with Gasteiger partial charge in [0, 0.05) is 7.11 Å². The minimum Gasteiger partial charge on any atom is -0.478 e. The molecule has 0 spiro atoms. The van der Waals surface area contributed by atoms with E-state index in [1.807, 2.05) is 0 Å². The summed E-state index contributed by atoms with van der Waals surface area (Å²) in [5.74, 6) is -1.57. The standard InChI is InChI=1S/C11H13FO4/c1-15-4-5-16-7-8-6-9(12)2-3-10(8)11(13)14/h2-3,6H,4-5,7H2,1H3,(H,13,14). The highest BCUT2D eigenvalue weighted by molar-refractivity contribution is 5.89. The molecule has 0 amide bonds. The van der Waals surface area contributed by atoms with Gasteiger partial charge in [0.25, 0.3) is 0 Å². The average molecular weight is 228 g/mol. The Kier molecular flexibility index (Phi) is 4.88. The fraction of sp³-hybridized carbons (Fsp3) is 0.364. The lowest BCUT2D eigenvalue weighted by atomic mass is 10.1. The summed E-state index contributed by atoms with van der Waals surface area (Å²) in [4.78, 5) is 10.8. The molecular weight excluding hydrogens is 215 g/mol. The van der Waals surface area contributed by atoms with Gasteiger partial charge in [0.2, 0.25) is 0 Å². The largest absolute Gasteiger partial charge is 0.478 e. The molecule has 0 saturated carbocycles. The molecule has 0 bridgehead atoms. The van der Waals surface area contributed by atoms with Gasteiger partial charge in [-0.25, -0.2) is 9.18 Å². The van der Waals surface area contributed by atoms with E-state index in [1.165, 1.54) is 13.2 Å². The van der Waals surface area contributed by atoms with Gasteiger partial charge in [-0.3, -0.25) is 0 Å². The maximum absolute atomic E-state index is 12.9. The molecule has 1 aromatic rings. The fourth-order valence-corrected chi connectivity index (χ4v) is 1.21. The van der Waals surface area contributed by atoms with Gasteiger partial charge in [0.15, 0.2) is 0 Å². The highest BCUT2D eigenvalue weighted by atomic mass is 19.1. The summed E-state index contributed by atoms with van der Waals surface area (Å²) in [6.07, 6.45) is 0. The summed E-state index contributed by atoms with van der Waals surface area (Å²) < 4.78 is 22.8. The van der Waals surface area contributed by atoms with Crippen molar-refractivity contribution in [3.63, 3.8) is 0 Å². The van der Waals surface area contributed by atoms with E-state index in [-0.39, 0.29) is 12.2 Å². The van der Waals surface area contributed by atoms with Crippen LogP contribution in [0.2, 0.25) is 0 Å². The van der Waals surface area contributed by atoms with E-state index in [0.717, 1.165) is 12.1 Å². The van der Waals surface area contributed by atoms with Gasteiger partial charge >= 0.3 is 5.97 Å². The van der Waals surface area contributed by atoms with E-state index >= 15 is 0 Å². The predicted molar refractivity (Wildman–Crippen MR) is 54.9 cm³/mol. The Balaban J connectivity index is 2.68. The Bertz CT molecular complexity index is 365. The Hall–Kier alpha value is -1.46. The van der Waals surface area contributed by atoms with Crippen molar-refractivity contribution in [1.29, 1.82) is 0 Å². The van der Waals surface area contributed by atoms with Gasteiger partial charge in [-0.2, -0.15) is 0 Å². The second-order valence-electron chi connectivity index (χ2n) is 3.15. The molecule has 0 atom stereocenters. The van der Waals surface area contributed by atoms with Crippen LogP contribution in [-0.2, 0) is 16.1 Å². The first kappa shape index (κ1) is 12.6. The lowest BCUT2D eigenvalue weighted by Gasteiger charge is -2.07. The summed E-state index contributed by atoms with van der Waals surface area (Å²) in [5.41, 5.74) is 0.377. The molecule has 0 saturated heterocycles. The summed E-state index contributed by atoms with van der Waals surface area (Å²) in [6, 6.07) is 3.51. The molecule has 88 valence electrons. The molecule has 0 aromatic heterocycles. The minimum atomic E-state index is -1.09. The summed E-state index contributed by atoms with van der Waals surface area (Å²) in [7, 11) is 1.54. The van der Waals surface area contributed by atoms with Crippen LogP contribution in [0, 0.1) is 5.82 Å². The van der Waals surface area contributed by atoms with E-state index in [1.54, 1.807) is 0 Å². The Morgan fingerprint density at radius 1 is 1.44 bits per heavy atom. The van der Waals surface area contributed by atoms with Crippen molar-refractivity contribution < 1.29 is 23.8 Å². The number of hydrogen-bond acceptors (Lipinski definition) is 3. The molecular formula is C11H13FO4. The van der Waals surface area contributed by atoms with E-state index in [0.29, 0.717) is 18.8 Å². The number of carbonyl (C=O) groups is 1. The van der Waals surface area contributed by atoms with Gasteiger partial charge in [0.1, 0.15) is 5.82 Å². The zero-order valence-corrected chi connectivity index (χ0v) is 8.90. The van der Waals surface area contributed by atoms with Gasteiger partial charge in [-0.05, 0) is 23.8 Å². The minimum absolute atomic E-state index is 0.0545. The number of benzene rings is 1. The molecule has 0 aliphatic carbocycles. The summed E-state index contributed by atoms with van der Waals surface area (Å²) in [5, 5.41) is 8.86. The highest BCUT2D eigenvalue weighted by Gasteiger charge is 2.10. The van der Waals surface area contributed by atoms with Crippen molar-refractivity contribution in [1.82, 2.24) is 0 Å². The number of hydrogen-bond donors (Lipinski definition) is 1. The lowest BCUT2D eigenvalue weighted by molar-refractivity contribution is 0.0589. The predicted octanol–water partition coefficient (Wildman–Crippen LogP) is 1.69. The van der Waals surface area contributed by atoms with Crippen LogP contribution >= 0.6 is 0 Å². The van der Waals surface area contributed by atoms with Crippen LogP contribution < -0.4 is 0 Å². The quantitative estimate of drug-likeness (QED) is 0.753. The molecule has 16 heavy (non-hydrogen) atoms. The van der Waals surface area contributed by atoms with Crippen molar-refractivity contribution in [3.8, 4) is 0 Å². The number of ether oxygens (including phenoxy) is 2. The van der Waals surface area contributed by atoms with E-state index in [9.17, 15) is 9.18 Å². The molecule has 1 rings (SSSR count). The maximum Gasteiger partial charge on any atom is 0.336 e. The van der Waals surface area contributed by atoms with Crippen molar-refractivity contribution in [2.75, 3.05) is 20.3 Å². The summed E-state index contributed by atoms with van der Waals surface area (Å²) >= 11 is 0. The van der Waals surface area contributed by atoms with Crippen molar-refractivity contribution in [2.45, 2.75) is 6.61 Å². The molecule has 0 aliphatic heterocycles. The molecule has 0 heterocycles. The maximum atomic E-state index is 12.9. The lowest BCUT2D eigenvalue weighted by Crippen LogP contribution is -2.07. The van der Waals surface area contributed by atoms with Crippen molar-refractivity contribution in [3.05, 3.63) is 35.1 Å². The van der Waals surface area contributed by atoms with Crippen LogP contribution in [0.15, 0.2) is 18.2 Å². The smallest absolute Gasteiger partial charge is 0.336 e. The molecule has 0 aliphatic rings. The molecule has 1 aromatic carbocycles. The number of halogens is 1. The first-order valence-electron chi connectivity index (χ1n) is 4.73. The first-order valence-corrected chi connectivity index (χ1v) is 4.73. The van der Waals surface area contributed by atoms with Crippen LogP contribution in [0.4, 0.5) is 4.39 Å². The number of methoxy groups -OCH3 is 1. The number of carboxylic acids is 1. The molecule has 0 radical (unpaired) electrons. The van der Waals surface area contributed by atoms with Gasteiger partial charge in [-0.15, -0.1) is 0 Å². The highest BCUT2D eigenvalue weighted by Crippen LogP contribution is 2.12. The second kappa shape index (κ2) is 6.19. The summed E-state index contributed by atoms with van der Waals surface area (Å²) in [6.45, 7) is 0.812. The third-order valence-electron chi connectivity index (χ3n) is 1.99. The van der Waals surface area contributed by atoms with E-state index in [4.69, 9.17) is 14.6 Å². The van der Waals surface area contributed by atoms with Crippen LogP contribution in [0.25, 0.3) is 0 Å². The van der Waals surface area contributed by atoms with Gasteiger partial charge in [-0.1, -0.05) is 0 Å². The van der Waals surface area contributed by atoms with Crippen molar-refractivity contribution >= 4 is 5.97 Å². The van der Waals surface area contributed by atoms with Crippen LogP contribution in [0.1, 0.15) is 15.9 Å². The van der Waals surface area contributed by atoms with Crippen molar-refractivity contribution in [2.24, 2.45) is 0 Å². The van der Waals surface area contributed by atoms with Crippen LogP contribution in [0.3, 0.4) is 0 Å². The number of aromatic carboxylic acids is 1. The normalized spacial score (nSPS) is 10.4. The number of rotatable bonds is 6. The molecule has 4 nitrogen and oxygen atoms in total. The SMILES string of the molecule is COCCOCc1cc(F)ccc1C(=O)O. The van der Waals surface area contributed by atoms with Gasteiger partial charge < -0.3 is 14.6 Å². The second-order valence-corrected chi connectivity index (χ2v) is 3.15. The van der Waals surface area contributed by atoms with Crippen LogP contribution in [-0.4, -0.2) is 31.4 Å². The molecule has 0 unspecified atom stereocenters. The fourth-order valence-electron chi connectivity index (χ4n) is 1.21. The van der Waals surface area contributed by atoms with E-state index in [2.05, 4.69) is 0 Å². The monoisotopic (exact) mass is 228 g/mol. The van der Waals surface area contributed by atoms with Crippen LogP contribution in [0.5, 0.6) is 0 Å². The third-order valence-corrected chi connectivity index (χ3v) is 1.99. The number of carboxylic acid groups (broad SMARTS) is 1. The Morgan fingerprint density at radius 2 is 2.19 bits per heavy atom. The van der Waals surface area contributed by atoms with E-state index < -0.39 is 11.8 Å². The Labute approximate surface area is 92.6 Å². The average Bonchev–Trinajstić information content (AvgIpc) is 2.24. The Morgan fingerprint density at radius 3 is 2.81 bits per heavy atom. The first-order chi connectivity index (χ1) is 7.65. The van der Waals surface area contributed by atoms with Gasteiger partial charge in [0.05, 0.1) is 25.4 Å².